The van der Waals surface area contributed by atoms with Crippen LogP contribution in [0.5, 0.6) is 5.75 Å². The largest absolute Gasteiger partial charge is 0.496 e. The highest BCUT2D eigenvalue weighted by Gasteiger charge is 2.30. The van der Waals surface area contributed by atoms with Gasteiger partial charge in [-0.25, -0.2) is 4.98 Å². The Kier molecular flexibility index (Phi) is 4.13. The lowest BCUT2D eigenvalue weighted by molar-refractivity contribution is -0.127. The van der Waals surface area contributed by atoms with Crippen LogP contribution in [0.25, 0.3) is 0 Å². The van der Waals surface area contributed by atoms with Gasteiger partial charge in [-0.1, -0.05) is 24.6 Å². The van der Waals surface area contributed by atoms with Gasteiger partial charge in [0.1, 0.15) is 17.6 Å². The first-order chi connectivity index (χ1) is 10.7. The van der Waals surface area contributed by atoms with Gasteiger partial charge in [0.25, 0.3) is 0 Å². The number of methoxy groups -OCH3 is 1. The summed E-state index contributed by atoms with van der Waals surface area (Å²) in [5.74, 6) is 1.80. The van der Waals surface area contributed by atoms with E-state index in [1.54, 1.807) is 13.3 Å². The average Bonchev–Trinajstić information content (AvgIpc) is 2.89. The molecule has 1 aliphatic carbocycles. The molecule has 22 heavy (non-hydrogen) atoms. The Morgan fingerprint density at radius 3 is 2.77 bits per heavy atom. The van der Waals surface area contributed by atoms with Gasteiger partial charge in [0.05, 0.1) is 7.11 Å². The lowest BCUT2D eigenvalue weighted by Gasteiger charge is -2.28. The number of amides is 1. The standard InChI is InChI=1S/C17H21N3O2/c1-20-11-10-18-16(20)15(19-17(21)12-6-5-7-12)13-8-3-4-9-14(13)22-2/h3-4,8-12,15H,5-7H2,1-2H3,(H,19,21). The van der Waals surface area contributed by atoms with Crippen LogP contribution in [0.1, 0.15) is 36.7 Å². The summed E-state index contributed by atoms with van der Waals surface area (Å²) in [5, 5.41) is 3.15. The van der Waals surface area contributed by atoms with E-state index in [1.165, 1.54) is 0 Å². The maximum absolute atomic E-state index is 12.4. The Morgan fingerprint density at radius 1 is 1.41 bits per heavy atom. The summed E-state index contributed by atoms with van der Waals surface area (Å²) in [4.78, 5) is 16.8. The van der Waals surface area contributed by atoms with Gasteiger partial charge in [-0.2, -0.15) is 0 Å². The summed E-state index contributed by atoms with van der Waals surface area (Å²) in [6, 6.07) is 7.44. The lowest BCUT2D eigenvalue weighted by Crippen LogP contribution is -2.38. The molecule has 0 bridgehead atoms. The molecule has 1 amide bonds. The van der Waals surface area contributed by atoms with Crippen LogP contribution in [0.3, 0.4) is 0 Å². The molecule has 5 nitrogen and oxygen atoms in total. The molecule has 1 unspecified atom stereocenters. The number of para-hydroxylation sites is 1. The van der Waals surface area contributed by atoms with Crippen LogP contribution < -0.4 is 10.1 Å². The van der Waals surface area contributed by atoms with Crippen LogP contribution in [0.2, 0.25) is 0 Å². The van der Waals surface area contributed by atoms with Gasteiger partial charge in [0, 0.05) is 30.9 Å². The third-order valence-electron chi connectivity index (χ3n) is 4.33. The van der Waals surface area contributed by atoms with Gasteiger partial charge in [0.2, 0.25) is 5.91 Å². The van der Waals surface area contributed by atoms with Crippen molar-refractivity contribution in [2.75, 3.05) is 7.11 Å². The third-order valence-corrected chi connectivity index (χ3v) is 4.33. The van der Waals surface area contributed by atoms with E-state index in [0.717, 1.165) is 36.4 Å². The topological polar surface area (TPSA) is 56.1 Å². The van der Waals surface area contributed by atoms with Gasteiger partial charge in [-0.3, -0.25) is 4.79 Å². The van der Waals surface area contributed by atoms with Crippen molar-refractivity contribution >= 4 is 5.91 Å². The van der Waals surface area contributed by atoms with Crippen LogP contribution >= 0.6 is 0 Å². The fourth-order valence-electron chi connectivity index (χ4n) is 2.77. The summed E-state index contributed by atoms with van der Waals surface area (Å²) < 4.78 is 7.39. The van der Waals surface area contributed by atoms with E-state index < -0.39 is 0 Å². The third kappa shape index (κ3) is 2.71. The van der Waals surface area contributed by atoms with Crippen LogP contribution in [0.4, 0.5) is 0 Å². The van der Waals surface area contributed by atoms with Gasteiger partial charge < -0.3 is 14.6 Å². The zero-order chi connectivity index (χ0) is 15.5. The smallest absolute Gasteiger partial charge is 0.223 e. The van der Waals surface area contributed by atoms with E-state index in [9.17, 15) is 4.79 Å². The molecule has 1 N–H and O–H groups in total. The molecule has 1 aliphatic rings. The second-order valence-electron chi connectivity index (χ2n) is 5.71. The Labute approximate surface area is 130 Å². The molecular formula is C17H21N3O2. The first kappa shape index (κ1) is 14.6. The van der Waals surface area contributed by atoms with Crippen molar-refractivity contribution < 1.29 is 9.53 Å². The molecule has 0 saturated heterocycles. The fraction of sp³-hybridized carbons (Fsp3) is 0.412. The summed E-state index contributed by atoms with van der Waals surface area (Å²) in [5.41, 5.74) is 0.923. The fourth-order valence-corrected chi connectivity index (χ4v) is 2.77. The van der Waals surface area contributed by atoms with Crippen molar-refractivity contribution in [2.45, 2.75) is 25.3 Å². The predicted octanol–water partition coefficient (Wildman–Crippen LogP) is 2.43. The average molecular weight is 299 g/mol. The molecule has 1 fully saturated rings. The monoisotopic (exact) mass is 299 g/mol. The molecule has 5 heteroatoms. The number of rotatable bonds is 5. The molecule has 1 saturated carbocycles. The number of imidazole rings is 1. The zero-order valence-electron chi connectivity index (χ0n) is 13.0. The molecule has 116 valence electrons. The zero-order valence-corrected chi connectivity index (χ0v) is 13.0. The van der Waals surface area contributed by atoms with Gasteiger partial charge in [0.15, 0.2) is 0 Å². The van der Waals surface area contributed by atoms with Gasteiger partial charge >= 0.3 is 0 Å². The molecule has 0 radical (unpaired) electrons. The molecule has 1 aromatic carbocycles. The second kappa shape index (κ2) is 6.22. The predicted molar refractivity (Wildman–Crippen MR) is 83.5 cm³/mol. The summed E-state index contributed by atoms with van der Waals surface area (Å²) >= 11 is 0. The number of hydrogen-bond acceptors (Lipinski definition) is 3. The van der Waals surface area contributed by atoms with E-state index in [4.69, 9.17) is 4.74 Å². The minimum atomic E-state index is -0.302. The van der Waals surface area contributed by atoms with Gasteiger partial charge in [-0.05, 0) is 18.9 Å². The molecule has 2 aromatic rings. The van der Waals surface area contributed by atoms with Crippen molar-refractivity contribution in [1.82, 2.24) is 14.9 Å². The number of nitrogens with one attached hydrogen (secondary N) is 1. The van der Waals surface area contributed by atoms with E-state index in [2.05, 4.69) is 10.3 Å². The van der Waals surface area contributed by atoms with Crippen LogP contribution in [-0.4, -0.2) is 22.6 Å². The molecular weight excluding hydrogens is 278 g/mol. The molecule has 1 atom stereocenters. The lowest BCUT2D eigenvalue weighted by atomic mass is 9.84. The number of aryl methyl sites for hydroxylation is 1. The van der Waals surface area contributed by atoms with Gasteiger partial charge in [-0.15, -0.1) is 0 Å². The summed E-state index contributed by atoms with van der Waals surface area (Å²) in [6.45, 7) is 0. The van der Waals surface area contributed by atoms with E-state index in [-0.39, 0.29) is 17.9 Å². The second-order valence-corrected chi connectivity index (χ2v) is 5.71. The molecule has 3 rings (SSSR count). The minimum absolute atomic E-state index is 0.102. The Bertz CT molecular complexity index is 661. The van der Waals surface area contributed by atoms with E-state index in [0.29, 0.717) is 0 Å². The Balaban J connectivity index is 1.95. The molecule has 0 aliphatic heterocycles. The maximum atomic E-state index is 12.4. The molecule has 1 aromatic heterocycles. The van der Waals surface area contributed by atoms with Crippen molar-refractivity contribution in [3.63, 3.8) is 0 Å². The minimum Gasteiger partial charge on any atom is -0.496 e. The number of hydrogen-bond donors (Lipinski definition) is 1. The Morgan fingerprint density at radius 2 is 2.18 bits per heavy atom. The Hall–Kier alpha value is -2.30. The van der Waals surface area contributed by atoms with Crippen LogP contribution in [-0.2, 0) is 11.8 Å². The highest BCUT2D eigenvalue weighted by Crippen LogP contribution is 2.31. The highest BCUT2D eigenvalue weighted by atomic mass is 16.5. The normalized spacial score (nSPS) is 15.9. The number of ether oxygens (including phenoxy) is 1. The van der Waals surface area contributed by atoms with Crippen molar-refractivity contribution in [3.8, 4) is 5.75 Å². The number of carbonyl (C=O) groups excluding carboxylic acids is 1. The number of carbonyl (C=O) groups is 1. The summed E-state index contributed by atoms with van der Waals surface area (Å²) in [7, 11) is 3.57. The maximum Gasteiger partial charge on any atom is 0.223 e. The molecule has 1 heterocycles. The molecule has 0 spiro atoms. The van der Waals surface area contributed by atoms with E-state index >= 15 is 0 Å². The van der Waals surface area contributed by atoms with Crippen molar-refractivity contribution in [2.24, 2.45) is 13.0 Å². The summed E-state index contributed by atoms with van der Waals surface area (Å²) in [6.07, 6.45) is 6.72. The highest BCUT2D eigenvalue weighted by molar-refractivity contribution is 5.80. The number of benzene rings is 1. The van der Waals surface area contributed by atoms with Crippen molar-refractivity contribution in [1.29, 1.82) is 0 Å². The first-order valence-corrected chi connectivity index (χ1v) is 7.61. The SMILES string of the molecule is COc1ccccc1C(NC(=O)C1CCC1)c1nccn1C. The van der Waals surface area contributed by atoms with Crippen LogP contribution in [0, 0.1) is 5.92 Å². The number of aromatic nitrogens is 2. The van der Waals surface area contributed by atoms with Crippen LogP contribution in [0.15, 0.2) is 36.7 Å². The number of nitrogens with zero attached hydrogens (tertiary/aromatic N) is 2. The first-order valence-electron chi connectivity index (χ1n) is 7.61. The quantitative estimate of drug-likeness (QED) is 0.922. The van der Waals surface area contributed by atoms with Crippen molar-refractivity contribution in [3.05, 3.63) is 48.0 Å². The van der Waals surface area contributed by atoms with E-state index in [1.807, 2.05) is 42.1 Å².